The summed E-state index contributed by atoms with van der Waals surface area (Å²) in [5.41, 5.74) is 7.37. The van der Waals surface area contributed by atoms with Crippen LogP contribution in [0.3, 0.4) is 0 Å². The Morgan fingerprint density at radius 3 is 2.34 bits per heavy atom. The molecule has 11 heteroatoms. The molecule has 2 heterocycles. The number of aliphatic hydroxyl groups excluding tert-OH is 1. The summed E-state index contributed by atoms with van der Waals surface area (Å²) >= 11 is 0. The fraction of sp³-hybridized carbons (Fsp3) is 0.333. The van der Waals surface area contributed by atoms with E-state index in [0.29, 0.717) is 27.8 Å². The molecule has 0 bridgehead atoms. The molecule has 0 radical (unpaired) electrons. The Bertz CT molecular complexity index is 1740. The number of pyridine rings is 2. The number of methoxy groups -OCH3 is 1. The molecule has 0 fully saturated rings. The van der Waals surface area contributed by atoms with E-state index in [-0.39, 0.29) is 30.9 Å². The van der Waals surface area contributed by atoms with Crippen molar-refractivity contribution in [1.29, 1.82) is 0 Å². The van der Waals surface area contributed by atoms with Gasteiger partial charge in [0.05, 0.1) is 31.2 Å². The van der Waals surface area contributed by atoms with Gasteiger partial charge in [0.25, 0.3) is 11.8 Å². The zero-order chi connectivity index (χ0) is 34.1. The highest BCUT2D eigenvalue weighted by Gasteiger charge is 2.31. The molecule has 2 aromatic carbocycles. The fourth-order valence-corrected chi connectivity index (χ4v) is 5.39. The lowest BCUT2D eigenvalue weighted by molar-refractivity contribution is -0.126. The third-order valence-electron chi connectivity index (χ3n) is 7.64. The lowest BCUT2D eigenvalue weighted by Gasteiger charge is -2.26. The van der Waals surface area contributed by atoms with Crippen LogP contribution in [0.5, 0.6) is 5.75 Å². The molecule has 246 valence electrons. The number of primary amides is 1. The van der Waals surface area contributed by atoms with E-state index in [1.54, 1.807) is 54.9 Å². The van der Waals surface area contributed by atoms with Gasteiger partial charge in [-0.25, -0.2) is 4.98 Å². The summed E-state index contributed by atoms with van der Waals surface area (Å²) in [6.45, 7) is 5.64. The van der Waals surface area contributed by atoms with Gasteiger partial charge in [0, 0.05) is 41.4 Å². The number of ether oxygens (including phenoxy) is 1. The summed E-state index contributed by atoms with van der Waals surface area (Å²) in [4.78, 5) is 60.9. The Balaban J connectivity index is 1.59. The molecule has 5 N–H and O–H groups in total. The van der Waals surface area contributed by atoms with E-state index in [1.165, 1.54) is 13.2 Å². The Morgan fingerprint density at radius 1 is 0.936 bits per heavy atom. The molecule has 3 amide bonds. The SMILES string of the molecule is COc1cc(C(=O)NC(CC(N)=O)C(=O)CC(Cc2cccnc2)C(O)Cc2ccccc2C(=O)NC(C)(C)C)nc2ccccc12. The highest BCUT2D eigenvalue weighted by atomic mass is 16.5. The van der Waals surface area contributed by atoms with Gasteiger partial charge in [-0.2, -0.15) is 0 Å². The molecule has 2 aromatic heterocycles. The lowest BCUT2D eigenvalue weighted by Crippen LogP contribution is -2.45. The number of fused-ring (bicyclic) bond motifs is 1. The number of rotatable bonds is 14. The maximum Gasteiger partial charge on any atom is 0.270 e. The lowest BCUT2D eigenvalue weighted by atomic mass is 9.84. The maximum absolute atomic E-state index is 13.8. The Kier molecular flexibility index (Phi) is 11.4. The van der Waals surface area contributed by atoms with Crippen LogP contribution in [-0.2, 0) is 22.4 Å². The van der Waals surface area contributed by atoms with Crippen LogP contribution < -0.4 is 21.1 Å². The van der Waals surface area contributed by atoms with Crippen molar-refractivity contribution in [1.82, 2.24) is 20.6 Å². The van der Waals surface area contributed by atoms with Crippen LogP contribution in [0.4, 0.5) is 0 Å². The normalized spacial score (nSPS) is 13.3. The first-order chi connectivity index (χ1) is 22.3. The van der Waals surface area contributed by atoms with Crippen LogP contribution >= 0.6 is 0 Å². The quantitative estimate of drug-likeness (QED) is 0.162. The third-order valence-corrected chi connectivity index (χ3v) is 7.64. The Hall–Kier alpha value is -5.16. The molecule has 4 rings (SSSR count). The molecule has 0 aliphatic rings. The first-order valence-electron chi connectivity index (χ1n) is 15.4. The van der Waals surface area contributed by atoms with E-state index in [9.17, 15) is 24.3 Å². The number of aromatic nitrogens is 2. The highest BCUT2D eigenvalue weighted by Crippen LogP contribution is 2.26. The summed E-state index contributed by atoms with van der Waals surface area (Å²) in [5, 5.41) is 17.9. The minimum absolute atomic E-state index is 0.0000875. The van der Waals surface area contributed by atoms with E-state index in [1.807, 2.05) is 39.0 Å². The van der Waals surface area contributed by atoms with Gasteiger partial charge in [-0.05, 0) is 74.9 Å². The number of nitrogens with one attached hydrogen (secondary N) is 2. The van der Waals surface area contributed by atoms with Crippen LogP contribution in [-0.4, -0.2) is 63.4 Å². The second kappa shape index (κ2) is 15.4. The molecule has 47 heavy (non-hydrogen) atoms. The van der Waals surface area contributed by atoms with E-state index in [2.05, 4.69) is 20.6 Å². The number of nitrogens with two attached hydrogens (primary N) is 1. The molecule has 11 nitrogen and oxygen atoms in total. The second-order valence-electron chi connectivity index (χ2n) is 12.6. The minimum atomic E-state index is -1.27. The molecule has 4 aromatic rings. The zero-order valence-electron chi connectivity index (χ0n) is 27.0. The van der Waals surface area contributed by atoms with Crippen molar-refractivity contribution < 1.29 is 29.0 Å². The van der Waals surface area contributed by atoms with Crippen molar-refractivity contribution in [2.45, 2.75) is 64.1 Å². The molecule has 0 aliphatic carbocycles. The number of Topliss-reactive ketones (excluding diaryl/α,β-unsaturated/α-hetero) is 1. The van der Waals surface area contributed by atoms with Gasteiger partial charge >= 0.3 is 0 Å². The molecular weight excluding hydrogens is 598 g/mol. The smallest absolute Gasteiger partial charge is 0.270 e. The number of benzene rings is 2. The summed E-state index contributed by atoms with van der Waals surface area (Å²) in [6, 6.07) is 17.9. The number of aliphatic hydroxyl groups is 1. The van der Waals surface area contributed by atoms with E-state index >= 15 is 0 Å². The number of ketones is 1. The molecule has 0 spiro atoms. The van der Waals surface area contributed by atoms with Gasteiger partial charge in [-0.1, -0.05) is 36.4 Å². The zero-order valence-corrected chi connectivity index (χ0v) is 27.0. The minimum Gasteiger partial charge on any atom is -0.496 e. The summed E-state index contributed by atoms with van der Waals surface area (Å²) in [7, 11) is 1.48. The first-order valence-corrected chi connectivity index (χ1v) is 15.4. The average molecular weight is 640 g/mol. The first kappa shape index (κ1) is 34.7. The van der Waals surface area contributed by atoms with Crippen LogP contribution in [0.1, 0.15) is 65.6 Å². The molecule has 3 atom stereocenters. The predicted octanol–water partition coefficient (Wildman–Crippen LogP) is 3.56. The molecule has 0 aliphatic heterocycles. The molecule has 0 saturated heterocycles. The summed E-state index contributed by atoms with van der Waals surface area (Å²) < 4.78 is 5.45. The number of carbonyl (C=O) groups excluding carboxylic acids is 4. The van der Waals surface area contributed by atoms with E-state index in [0.717, 1.165) is 5.56 Å². The van der Waals surface area contributed by atoms with E-state index in [4.69, 9.17) is 10.5 Å². The number of amides is 3. The topological polar surface area (TPSA) is 174 Å². The number of hydrogen-bond donors (Lipinski definition) is 4. The van der Waals surface area contributed by atoms with Crippen molar-refractivity contribution in [3.63, 3.8) is 0 Å². The van der Waals surface area contributed by atoms with E-state index < -0.39 is 47.6 Å². The van der Waals surface area contributed by atoms with Crippen molar-refractivity contribution in [2.75, 3.05) is 7.11 Å². The molecular formula is C36H41N5O6. The van der Waals surface area contributed by atoms with Crippen LogP contribution in [0.2, 0.25) is 0 Å². The molecule has 0 saturated carbocycles. The van der Waals surface area contributed by atoms with Crippen molar-refractivity contribution >= 4 is 34.4 Å². The fourth-order valence-electron chi connectivity index (χ4n) is 5.39. The monoisotopic (exact) mass is 639 g/mol. The molecule has 3 unspecified atom stereocenters. The van der Waals surface area contributed by atoms with Crippen LogP contribution in [0.25, 0.3) is 10.9 Å². The number of hydrogen-bond acceptors (Lipinski definition) is 8. The average Bonchev–Trinajstić information content (AvgIpc) is 3.03. The van der Waals surface area contributed by atoms with Crippen molar-refractivity contribution in [2.24, 2.45) is 11.7 Å². The predicted molar refractivity (Wildman–Crippen MR) is 178 cm³/mol. The number of carbonyl (C=O) groups is 4. The largest absolute Gasteiger partial charge is 0.496 e. The van der Waals surface area contributed by atoms with Crippen molar-refractivity contribution in [3.05, 3.63) is 102 Å². The second-order valence-corrected chi connectivity index (χ2v) is 12.6. The maximum atomic E-state index is 13.8. The highest BCUT2D eigenvalue weighted by molar-refractivity contribution is 6.00. The standard InChI is InChI=1S/C36H41N5O6/c1-36(2,3)41-34(45)25-12-6-5-11-23(25)17-30(42)24(16-22-10-9-15-38-21-22)18-31(43)28(20-33(37)44)40-35(46)29-19-32(47-4)26-13-7-8-14-27(26)39-29/h5-15,19,21,24,28,30,42H,16-18,20H2,1-4H3,(H2,37,44)(H,40,46)(H,41,45). The summed E-state index contributed by atoms with van der Waals surface area (Å²) in [5.74, 6) is -2.46. The van der Waals surface area contributed by atoms with Gasteiger partial charge in [0.2, 0.25) is 5.91 Å². The summed E-state index contributed by atoms with van der Waals surface area (Å²) in [6.07, 6.45) is 1.92. The van der Waals surface area contributed by atoms with Gasteiger partial charge in [-0.3, -0.25) is 24.2 Å². The number of nitrogens with zero attached hydrogens (tertiary/aromatic N) is 2. The van der Waals surface area contributed by atoms with Crippen LogP contribution in [0.15, 0.2) is 79.1 Å². The van der Waals surface area contributed by atoms with Gasteiger partial charge in [0.1, 0.15) is 11.4 Å². The van der Waals surface area contributed by atoms with Gasteiger partial charge in [0.15, 0.2) is 5.78 Å². The van der Waals surface area contributed by atoms with Gasteiger partial charge < -0.3 is 26.2 Å². The third kappa shape index (κ3) is 9.67. The Morgan fingerprint density at radius 2 is 1.66 bits per heavy atom. The Labute approximate surface area is 273 Å². The van der Waals surface area contributed by atoms with Crippen molar-refractivity contribution in [3.8, 4) is 5.75 Å². The van der Waals surface area contributed by atoms with Gasteiger partial charge in [-0.15, -0.1) is 0 Å². The van der Waals surface area contributed by atoms with Crippen LogP contribution in [0, 0.1) is 5.92 Å². The number of para-hydroxylation sites is 1.